The summed E-state index contributed by atoms with van der Waals surface area (Å²) >= 11 is 0. The molecule has 0 radical (unpaired) electrons. The number of hydrogen-bond acceptors (Lipinski definition) is 3. The lowest BCUT2D eigenvalue weighted by atomic mass is 10.8. The van der Waals surface area contributed by atoms with Crippen molar-refractivity contribution in [1.29, 1.82) is 0 Å². The van der Waals surface area contributed by atoms with Crippen LogP contribution in [0.5, 0.6) is 0 Å². The maximum Gasteiger partial charge on any atom is 0.326 e. The fraction of sp³-hybridized carbons (Fsp3) is 0.500. The first kappa shape index (κ1) is 10.9. The van der Waals surface area contributed by atoms with Crippen LogP contribution in [0, 0.1) is 0 Å². The molecule has 0 saturated heterocycles. The van der Waals surface area contributed by atoms with Gasteiger partial charge in [0.15, 0.2) is 0 Å². The smallest absolute Gasteiger partial charge is 0.326 e. The highest BCUT2D eigenvalue weighted by Crippen LogP contribution is 2.20. The van der Waals surface area contributed by atoms with E-state index >= 15 is 0 Å². The van der Waals surface area contributed by atoms with E-state index in [0.717, 1.165) is 0 Å². The van der Waals surface area contributed by atoms with Gasteiger partial charge in [0.2, 0.25) is 0 Å². The van der Waals surface area contributed by atoms with Crippen molar-refractivity contribution in [3.63, 3.8) is 0 Å². The first-order chi connectivity index (χ1) is 3.68. The second-order valence-electron chi connectivity index (χ2n) is 0.844. The van der Waals surface area contributed by atoms with Gasteiger partial charge in [-0.1, -0.05) is 6.08 Å². The molecule has 0 atom stereocenters. The van der Waals surface area contributed by atoms with Crippen molar-refractivity contribution < 1.29 is 14.3 Å². The molecule has 0 spiro atoms. The molecule has 4 heteroatoms. The van der Waals surface area contributed by atoms with Crippen LogP contribution in [-0.4, -0.2) is 16.9 Å². The Bertz CT molecular complexity index is 46.5. The second-order valence-corrected chi connectivity index (χ2v) is 1.71. The lowest BCUT2D eigenvalue weighted by molar-refractivity contribution is 0.310. The molecule has 2 N–H and O–H groups in total. The summed E-state index contributed by atoms with van der Waals surface area (Å²) in [5, 5.41) is 0. The van der Waals surface area contributed by atoms with Gasteiger partial charge >= 0.3 is 8.60 Å². The molecule has 0 heterocycles. The van der Waals surface area contributed by atoms with Crippen molar-refractivity contribution in [1.82, 2.24) is 0 Å². The maximum atomic E-state index is 7.76. The Morgan fingerprint density at radius 1 is 1.62 bits per heavy atom. The lowest BCUT2D eigenvalue weighted by Crippen LogP contribution is -1.67. The van der Waals surface area contributed by atoms with E-state index in [4.69, 9.17) is 9.79 Å². The largest absolute Gasteiger partial charge is 0.328 e. The van der Waals surface area contributed by atoms with Gasteiger partial charge in [-0.25, -0.2) is 0 Å². The molecule has 0 bridgehead atoms. The highest BCUT2D eigenvalue weighted by atomic mass is 31.2. The highest BCUT2D eigenvalue weighted by molar-refractivity contribution is 7.39. The van der Waals surface area contributed by atoms with E-state index < -0.39 is 8.60 Å². The minimum Gasteiger partial charge on any atom is -0.328 e. The SMILES string of the molecule is C=CC.COP(O)O. The van der Waals surface area contributed by atoms with Gasteiger partial charge in [0.1, 0.15) is 0 Å². The summed E-state index contributed by atoms with van der Waals surface area (Å²) in [5.41, 5.74) is 0. The van der Waals surface area contributed by atoms with E-state index in [1.54, 1.807) is 6.08 Å². The first-order valence-corrected chi connectivity index (χ1v) is 3.14. The highest BCUT2D eigenvalue weighted by Gasteiger charge is 1.86. The standard InChI is InChI=1S/C3H6.CH5O3P/c1-3-2;1-4-5(2)3/h3H,1H2,2H3;2-3H,1H3. The van der Waals surface area contributed by atoms with Crippen molar-refractivity contribution >= 4 is 8.60 Å². The van der Waals surface area contributed by atoms with E-state index in [0.29, 0.717) is 0 Å². The van der Waals surface area contributed by atoms with Gasteiger partial charge in [0.25, 0.3) is 0 Å². The number of rotatable bonds is 1. The molecule has 0 aliphatic rings. The molecular weight excluding hydrogens is 127 g/mol. The molecule has 0 amide bonds. The zero-order valence-electron chi connectivity index (χ0n) is 5.03. The average Bonchev–Trinajstić information content (AvgIpc) is 1.69. The van der Waals surface area contributed by atoms with Crippen molar-refractivity contribution in [3.05, 3.63) is 12.7 Å². The quantitative estimate of drug-likeness (QED) is 0.420. The van der Waals surface area contributed by atoms with Gasteiger partial charge in [-0.05, 0) is 6.92 Å². The van der Waals surface area contributed by atoms with Crippen LogP contribution in [-0.2, 0) is 4.52 Å². The zero-order valence-corrected chi connectivity index (χ0v) is 5.93. The van der Waals surface area contributed by atoms with Crippen LogP contribution in [0.2, 0.25) is 0 Å². The summed E-state index contributed by atoms with van der Waals surface area (Å²) in [6.07, 6.45) is 1.75. The Morgan fingerprint density at radius 3 is 1.75 bits per heavy atom. The molecule has 0 aliphatic carbocycles. The third-order valence-electron chi connectivity index (χ3n) is 0.163. The third-order valence-corrected chi connectivity index (χ3v) is 0.490. The summed E-state index contributed by atoms with van der Waals surface area (Å²) in [5.74, 6) is 0. The van der Waals surface area contributed by atoms with Crippen LogP contribution in [0.3, 0.4) is 0 Å². The molecular formula is C4H11O3P. The summed E-state index contributed by atoms with van der Waals surface area (Å²) in [4.78, 5) is 15.5. The van der Waals surface area contributed by atoms with Crippen molar-refractivity contribution in [3.8, 4) is 0 Å². The predicted molar refractivity (Wildman–Crippen MR) is 34.2 cm³/mol. The molecule has 50 valence electrons. The monoisotopic (exact) mass is 138 g/mol. The number of hydrogen-bond donors (Lipinski definition) is 2. The van der Waals surface area contributed by atoms with E-state index in [9.17, 15) is 0 Å². The lowest BCUT2D eigenvalue weighted by Gasteiger charge is -1.89. The Kier molecular flexibility index (Phi) is 13.8. The van der Waals surface area contributed by atoms with Crippen LogP contribution in [0.1, 0.15) is 6.92 Å². The first-order valence-electron chi connectivity index (χ1n) is 1.98. The molecule has 0 aromatic carbocycles. The normalized spacial score (nSPS) is 7.62. The second kappa shape index (κ2) is 10.1. The van der Waals surface area contributed by atoms with Gasteiger partial charge in [0, 0.05) is 7.11 Å². The van der Waals surface area contributed by atoms with Crippen molar-refractivity contribution in [2.24, 2.45) is 0 Å². The molecule has 0 unspecified atom stereocenters. The maximum absolute atomic E-state index is 7.76. The van der Waals surface area contributed by atoms with Gasteiger partial charge in [-0.3, -0.25) is 0 Å². The Morgan fingerprint density at radius 2 is 1.75 bits per heavy atom. The average molecular weight is 138 g/mol. The number of allylic oxidation sites excluding steroid dienone is 1. The molecule has 0 saturated carbocycles. The van der Waals surface area contributed by atoms with Gasteiger partial charge in [0.05, 0.1) is 0 Å². The Labute approximate surface area is 50.6 Å². The third kappa shape index (κ3) is 36.7. The molecule has 0 fully saturated rings. The van der Waals surface area contributed by atoms with Crippen LogP contribution in [0.25, 0.3) is 0 Å². The van der Waals surface area contributed by atoms with Gasteiger partial charge < -0.3 is 14.3 Å². The van der Waals surface area contributed by atoms with E-state index in [2.05, 4.69) is 11.1 Å². The fourth-order valence-corrected chi connectivity index (χ4v) is 0. The van der Waals surface area contributed by atoms with E-state index in [1.807, 2.05) is 6.92 Å². The molecule has 3 nitrogen and oxygen atoms in total. The molecule has 8 heavy (non-hydrogen) atoms. The fourth-order valence-electron chi connectivity index (χ4n) is 0. The van der Waals surface area contributed by atoms with Crippen LogP contribution in [0.15, 0.2) is 12.7 Å². The van der Waals surface area contributed by atoms with Gasteiger partial charge in [-0.15, -0.1) is 6.58 Å². The summed E-state index contributed by atoms with van der Waals surface area (Å²) in [7, 11) is -0.870. The summed E-state index contributed by atoms with van der Waals surface area (Å²) in [6, 6.07) is 0. The molecule has 0 aliphatic heterocycles. The summed E-state index contributed by atoms with van der Waals surface area (Å²) < 4.78 is 3.93. The van der Waals surface area contributed by atoms with Crippen LogP contribution in [0.4, 0.5) is 0 Å². The van der Waals surface area contributed by atoms with Crippen molar-refractivity contribution in [2.75, 3.05) is 7.11 Å². The van der Waals surface area contributed by atoms with Crippen LogP contribution >= 0.6 is 8.60 Å². The van der Waals surface area contributed by atoms with Gasteiger partial charge in [-0.2, -0.15) is 0 Å². The van der Waals surface area contributed by atoms with E-state index in [1.165, 1.54) is 7.11 Å². The van der Waals surface area contributed by atoms with Crippen molar-refractivity contribution in [2.45, 2.75) is 6.92 Å². The zero-order chi connectivity index (χ0) is 6.99. The van der Waals surface area contributed by atoms with Crippen LogP contribution < -0.4 is 0 Å². The minimum atomic E-state index is -2.10. The Balaban J connectivity index is 0. The topological polar surface area (TPSA) is 49.7 Å². The predicted octanol–water partition coefficient (Wildman–Crippen LogP) is 1.04. The molecule has 0 rings (SSSR count). The Hall–Kier alpha value is 0.0500. The molecule has 0 aromatic rings. The minimum absolute atomic E-state index is 1.23. The molecule has 0 aromatic heterocycles. The summed E-state index contributed by atoms with van der Waals surface area (Å²) in [6.45, 7) is 5.25. The van der Waals surface area contributed by atoms with E-state index in [-0.39, 0.29) is 0 Å².